The first-order chi connectivity index (χ1) is 12.1. The maximum atomic E-state index is 12.2. The van der Waals surface area contributed by atoms with Gasteiger partial charge < -0.3 is 4.74 Å². The molecule has 0 aliphatic carbocycles. The Bertz CT molecular complexity index is 931. The van der Waals surface area contributed by atoms with Gasteiger partial charge in [-0.3, -0.25) is 10.1 Å². The molecule has 1 N–H and O–H groups in total. The second-order valence-corrected chi connectivity index (χ2v) is 6.92. The fraction of sp³-hybridized carbons (Fsp3) is 0.200. The van der Waals surface area contributed by atoms with Crippen LogP contribution in [-0.2, 0) is 11.2 Å². The van der Waals surface area contributed by atoms with Gasteiger partial charge in [-0.15, -0.1) is 6.58 Å². The molecule has 25 heavy (non-hydrogen) atoms. The van der Waals surface area contributed by atoms with Gasteiger partial charge in [0.2, 0.25) is 0 Å². The van der Waals surface area contributed by atoms with Crippen LogP contribution >= 0.6 is 11.3 Å². The number of ether oxygens (including phenoxy) is 1. The van der Waals surface area contributed by atoms with E-state index in [1.54, 1.807) is 0 Å². The molecule has 2 aromatic carbocycles. The Hall–Kier alpha value is -2.66. The predicted octanol–water partition coefficient (Wildman–Crippen LogP) is 4.66. The second kappa shape index (κ2) is 7.49. The van der Waals surface area contributed by atoms with Crippen LogP contribution in [0.5, 0.6) is 5.75 Å². The van der Waals surface area contributed by atoms with Crippen molar-refractivity contribution in [3.8, 4) is 5.75 Å². The summed E-state index contributed by atoms with van der Waals surface area (Å²) in [4.78, 5) is 16.7. The molecule has 0 spiro atoms. The molecule has 0 atom stereocenters. The van der Waals surface area contributed by atoms with Crippen molar-refractivity contribution in [3.05, 3.63) is 65.7 Å². The van der Waals surface area contributed by atoms with Crippen molar-refractivity contribution >= 4 is 32.6 Å². The highest BCUT2D eigenvalue weighted by atomic mass is 32.1. The predicted molar refractivity (Wildman–Crippen MR) is 104 cm³/mol. The van der Waals surface area contributed by atoms with Gasteiger partial charge in [-0.2, -0.15) is 0 Å². The Morgan fingerprint density at radius 2 is 2.12 bits per heavy atom. The van der Waals surface area contributed by atoms with Gasteiger partial charge in [0.1, 0.15) is 5.75 Å². The molecule has 0 saturated heterocycles. The molecule has 0 fully saturated rings. The lowest BCUT2D eigenvalue weighted by atomic mass is 10.1. The molecular formula is C20H20N2O2S. The Morgan fingerprint density at radius 1 is 1.32 bits per heavy atom. The van der Waals surface area contributed by atoms with Gasteiger partial charge in [0.15, 0.2) is 11.7 Å². The molecule has 0 aliphatic rings. The molecule has 4 nitrogen and oxygen atoms in total. The van der Waals surface area contributed by atoms with Gasteiger partial charge in [0.25, 0.3) is 5.91 Å². The summed E-state index contributed by atoms with van der Waals surface area (Å²) in [6, 6.07) is 11.8. The van der Waals surface area contributed by atoms with Crippen molar-refractivity contribution in [2.45, 2.75) is 20.3 Å². The van der Waals surface area contributed by atoms with Crippen LogP contribution in [0, 0.1) is 13.8 Å². The average molecular weight is 352 g/mol. The van der Waals surface area contributed by atoms with E-state index in [0.717, 1.165) is 21.3 Å². The zero-order chi connectivity index (χ0) is 17.8. The standard InChI is InChI=1S/C20H20N2O2S/c1-4-7-15-8-5-6-9-16(15)24-12-18(23)21-20-22-19-14(3)10-13(2)11-17(19)25-20/h4-6,8-11H,1,7,12H2,2-3H3,(H,21,22,23). The number of fused-ring (bicyclic) bond motifs is 1. The first-order valence-corrected chi connectivity index (χ1v) is 8.87. The first-order valence-electron chi connectivity index (χ1n) is 8.06. The minimum atomic E-state index is -0.221. The number of para-hydroxylation sites is 1. The number of benzene rings is 2. The third-order valence-electron chi connectivity index (χ3n) is 3.77. The van der Waals surface area contributed by atoms with E-state index in [2.05, 4.69) is 35.9 Å². The van der Waals surface area contributed by atoms with Crippen LogP contribution in [0.15, 0.2) is 49.1 Å². The summed E-state index contributed by atoms with van der Waals surface area (Å²) in [5, 5.41) is 3.42. The van der Waals surface area contributed by atoms with E-state index in [4.69, 9.17) is 4.74 Å². The molecule has 1 heterocycles. The number of hydrogen-bond donors (Lipinski definition) is 1. The number of thiazole rings is 1. The molecule has 0 aliphatic heterocycles. The van der Waals surface area contributed by atoms with Gasteiger partial charge in [0, 0.05) is 0 Å². The van der Waals surface area contributed by atoms with Crippen molar-refractivity contribution in [2.75, 3.05) is 11.9 Å². The SMILES string of the molecule is C=CCc1ccccc1OCC(=O)Nc1nc2c(C)cc(C)cc2s1. The molecule has 3 rings (SSSR count). The normalized spacial score (nSPS) is 10.6. The van der Waals surface area contributed by atoms with Crippen molar-refractivity contribution in [1.82, 2.24) is 4.98 Å². The van der Waals surface area contributed by atoms with Crippen molar-refractivity contribution in [2.24, 2.45) is 0 Å². The molecule has 1 aromatic heterocycles. The lowest BCUT2D eigenvalue weighted by molar-refractivity contribution is -0.118. The van der Waals surface area contributed by atoms with Gasteiger partial charge in [-0.25, -0.2) is 4.98 Å². The lowest BCUT2D eigenvalue weighted by Crippen LogP contribution is -2.20. The summed E-state index contributed by atoms with van der Waals surface area (Å²) in [6.45, 7) is 7.77. The Balaban J connectivity index is 1.67. The number of amides is 1. The number of carbonyl (C=O) groups excluding carboxylic acids is 1. The van der Waals surface area contributed by atoms with E-state index in [1.165, 1.54) is 16.9 Å². The van der Waals surface area contributed by atoms with E-state index in [0.29, 0.717) is 17.3 Å². The number of aryl methyl sites for hydroxylation is 2. The summed E-state index contributed by atoms with van der Waals surface area (Å²) < 4.78 is 6.73. The number of allylic oxidation sites excluding steroid dienone is 1. The van der Waals surface area contributed by atoms with Crippen LogP contribution in [0.2, 0.25) is 0 Å². The van der Waals surface area contributed by atoms with Crippen LogP contribution in [0.1, 0.15) is 16.7 Å². The minimum Gasteiger partial charge on any atom is -0.483 e. The zero-order valence-electron chi connectivity index (χ0n) is 14.3. The Labute approximate surface area is 151 Å². The highest BCUT2D eigenvalue weighted by Crippen LogP contribution is 2.29. The highest BCUT2D eigenvalue weighted by Gasteiger charge is 2.11. The van der Waals surface area contributed by atoms with E-state index in [-0.39, 0.29) is 12.5 Å². The third kappa shape index (κ3) is 4.06. The molecule has 3 aromatic rings. The van der Waals surface area contributed by atoms with Crippen LogP contribution in [0.25, 0.3) is 10.2 Å². The van der Waals surface area contributed by atoms with Crippen LogP contribution < -0.4 is 10.1 Å². The number of rotatable bonds is 6. The van der Waals surface area contributed by atoms with Gasteiger partial charge in [0.05, 0.1) is 10.2 Å². The van der Waals surface area contributed by atoms with Gasteiger partial charge in [-0.1, -0.05) is 41.7 Å². The second-order valence-electron chi connectivity index (χ2n) is 5.88. The summed E-state index contributed by atoms with van der Waals surface area (Å²) in [7, 11) is 0. The molecule has 0 radical (unpaired) electrons. The Kier molecular flexibility index (Phi) is 5.14. The third-order valence-corrected chi connectivity index (χ3v) is 4.69. The monoisotopic (exact) mass is 352 g/mol. The minimum absolute atomic E-state index is 0.0535. The highest BCUT2D eigenvalue weighted by molar-refractivity contribution is 7.22. The summed E-state index contributed by atoms with van der Waals surface area (Å²) in [5.41, 5.74) is 4.24. The molecule has 128 valence electrons. The van der Waals surface area contributed by atoms with Crippen molar-refractivity contribution < 1.29 is 9.53 Å². The molecule has 0 unspecified atom stereocenters. The van der Waals surface area contributed by atoms with Crippen LogP contribution in [0.4, 0.5) is 5.13 Å². The first kappa shape index (κ1) is 17.2. The molecule has 5 heteroatoms. The van der Waals surface area contributed by atoms with Crippen molar-refractivity contribution in [3.63, 3.8) is 0 Å². The molecular weight excluding hydrogens is 332 g/mol. The fourth-order valence-electron chi connectivity index (χ4n) is 2.69. The zero-order valence-corrected chi connectivity index (χ0v) is 15.2. The van der Waals surface area contributed by atoms with E-state index >= 15 is 0 Å². The number of nitrogens with zero attached hydrogens (tertiary/aromatic N) is 1. The largest absolute Gasteiger partial charge is 0.483 e. The van der Waals surface area contributed by atoms with E-state index < -0.39 is 0 Å². The number of anilines is 1. The molecule has 0 saturated carbocycles. The number of hydrogen-bond acceptors (Lipinski definition) is 4. The van der Waals surface area contributed by atoms with Crippen LogP contribution in [-0.4, -0.2) is 17.5 Å². The lowest BCUT2D eigenvalue weighted by Gasteiger charge is -2.09. The summed E-state index contributed by atoms with van der Waals surface area (Å²) >= 11 is 1.48. The average Bonchev–Trinajstić information content (AvgIpc) is 2.97. The van der Waals surface area contributed by atoms with Gasteiger partial charge in [-0.05, 0) is 49.1 Å². The summed E-state index contributed by atoms with van der Waals surface area (Å²) in [6.07, 6.45) is 2.52. The maximum absolute atomic E-state index is 12.2. The van der Waals surface area contributed by atoms with Crippen molar-refractivity contribution in [1.29, 1.82) is 0 Å². The van der Waals surface area contributed by atoms with Gasteiger partial charge >= 0.3 is 0 Å². The molecule has 0 bridgehead atoms. The Morgan fingerprint density at radius 3 is 2.92 bits per heavy atom. The van der Waals surface area contributed by atoms with E-state index in [9.17, 15) is 4.79 Å². The summed E-state index contributed by atoms with van der Waals surface area (Å²) in [5.74, 6) is 0.482. The topological polar surface area (TPSA) is 51.2 Å². The van der Waals surface area contributed by atoms with Crippen LogP contribution in [0.3, 0.4) is 0 Å². The number of nitrogens with one attached hydrogen (secondary N) is 1. The maximum Gasteiger partial charge on any atom is 0.264 e. The quantitative estimate of drug-likeness (QED) is 0.657. The smallest absolute Gasteiger partial charge is 0.264 e. The number of carbonyl (C=O) groups is 1. The number of aromatic nitrogens is 1. The molecule has 1 amide bonds. The van der Waals surface area contributed by atoms with E-state index in [1.807, 2.05) is 37.3 Å². The fourth-order valence-corrected chi connectivity index (χ4v) is 3.75.